The molecule has 218 valence electrons. The Morgan fingerprint density at radius 1 is 1.03 bits per heavy atom. The highest BCUT2D eigenvalue weighted by Gasteiger charge is 2.40. The van der Waals surface area contributed by atoms with E-state index < -0.39 is 198 Å². The molecule has 0 aliphatic heterocycles. The Bertz CT molecular complexity index is 2890. The van der Waals surface area contributed by atoms with Gasteiger partial charge in [0, 0.05) is 82.2 Å². The summed E-state index contributed by atoms with van der Waals surface area (Å²) in [6.07, 6.45) is -34.3. The number of carbonyl (C=O) groups is 1. The quantitative estimate of drug-likeness (QED) is 0.373. The lowest BCUT2D eigenvalue weighted by atomic mass is 9.71. The van der Waals surface area contributed by atoms with Crippen molar-refractivity contribution in [1.29, 1.82) is 0 Å². The van der Waals surface area contributed by atoms with Gasteiger partial charge in [-0.2, -0.15) is 0 Å². The second-order valence-corrected chi connectivity index (χ2v) is 7.03. The second kappa shape index (κ2) is 17.0. The molecule has 2 aliphatic carbocycles. The molecule has 3 unspecified atom stereocenters. The smallest absolute Gasteiger partial charge is 0.137 e. The number of ketones is 1. The fourth-order valence-corrected chi connectivity index (χ4v) is 2.46. The number of methoxy groups -OCH3 is 2. The van der Waals surface area contributed by atoms with E-state index in [0.29, 0.717) is 0 Å². The normalized spacial score (nSPS) is 57.7. The molecule has 0 bridgehead atoms. The predicted molar refractivity (Wildman–Crippen MR) is 164 cm³/mol. The van der Waals surface area contributed by atoms with Gasteiger partial charge in [0.2, 0.25) is 0 Å². The molecule has 0 saturated heterocycles. The molecule has 6 nitrogen and oxygen atoms in total. The Morgan fingerprint density at radius 3 is 2.41 bits per heavy atom. The third kappa shape index (κ3) is 11.2. The minimum atomic E-state index is -4.97. The minimum absolute atomic E-state index is 0.0623. The van der Waals surface area contributed by atoms with Crippen LogP contribution < -0.4 is 9.47 Å². The Morgan fingerprint density at radius 2 is 1.69 bits per heavy atom. The number of ether oxygens (including phenoxy) is 2. The zero-order valence-corrected chi connectivity index (χ0v) is 20.5. The molecule has 2 fully saturated rings. The lowest BCUT2D eigenvalue weighted by Gasteiger charge is -2.41. The first-order valence-electron chi connectivity index (χ1n) is 33.5. The van der Waals surface area contributed by atoms with Crippen LogP contribution in [0.15, 0.2) is 52.8 Å². The van der Waals surface area contributed by atoms with Gasteiger partial charge in [-0.05, 0) is 89.2 Å². The van der Waals surface area contributed by atoms with Crippen molar-refractivity contribution < 1.29 is 85.2 Å². The van der Waals surface area contributed by atoms with E-state index in [-0.39, 0.29) is 10.5 Å². The van der Waals surface area contributed by atoms with Gasteiger partial charge in [-0.15, -0.1) is 0 Å². The van der Waals surface area contributed by atoms with E-state index in [2.05, 4.69) is 25.4 Å². The van der Waals surface area contributed by atoms with E-state index in [0.717, 1.165) is 0 Å². The van der Waals surface area contributed by atoms with Crippen LogP contribution in [0.25, 0.3) is 0 Å². The van der Waals surface area contributed by atoms with Crippen LogP contribution in [0.2, 0.25) is 0 Å². The van der Waals surface area contributed by atoms with Gasteiger partial charge in [-0.1, -0.05) is 53.2 Å². The summed E-state index contributed by atoms with van der Waals surface area (Å²) in [6.45, 7) is -25.3. The summed E-state index contributed by atoms with van der Waals surface area (Å²) in [6, 6.07) is -8.23. The van der Waals surface area contributed by atoms with E-state index in [1.54, 1.807) is 0 Å². The maximum absolute atomic E-state index is 12.6. The number of nitrogens with zero attached hydrogens (tertiary/aromatic N) is 2. The van der Waals surface area contributed by atoms with Crippen molar-refractivity contribution in [2.24, 2.45) is 11.8 Å². The fourth-order valence-electron chi connectivity index (χ4n) is 2.18. The molecule has 0 radical (unpaired) electrons. The van der Waals surface area contributed by atoms with Crippen molar-refractivity contribution >= 4 is 21.7 Å². The number of Topliss-reactive ketones (excluding diaryl/α,β-unsaturated/α-hetero) is 1. The van der Waals surface area contributed by atoms with Gasteiger partial charge < -0.3 is 24.4 Å². The summed E-state index contributed by atoms with van der Waals surface area (Å²) in [4.78, 5) is 10.5. The van der Waals surface area contributed by atoms with Crippen molar-refractivity contribution in [2.45, 2.75) is 56.6 Å². The van der Waals surface area contributed by atoms with Crippen molar-refractivity contribution in [3.63, 3.8) is 0 Å². The molecular formula is C32H49BrN2O4. The molecule has 0 aromatic heterocycles. The van der Waals surface area contributed by atoms with E-state index in [1.165, 1.54) is 0 Å². The average molecular weight is 654 g/mol. The number of hydrogen-bond acceptors (Lipinski definition) is 6. The Balaban J connectivity index is 0.000000499. The molecule has 2 saturated carbocycles. The summed E-state index contributed by atoms with van der Waals surface area (Å²) >= 11 is 2.88. The van der Waals surface area contributed by atoms with Crippen LogP contribution in [0.3, 0.4) is 0 Å². The SMILES string of the molecule is [2H]C([2H])([2H])N(C([2H])([2H])[2H])C([2H])([2H])C1([2H])C(=O)C([2H])([2H])C([2H])([2H])C([2H])([2H])C1([2H])[2H].[2H]c1c([2H])c(Br)c([2H])c(OC([2H])([2H])[2H])c1[2H].[2H]c1c([2H])c(OC([2H])([2H])[2H])c([2H])c(C2(O)C([2H])([2H])C([2H])([2H])C([2H])([2H])C([2H])([2H])C2([2H])C([2H])([2H])N(C([2H])([2H])[2H])C([2H])([2H])[2H])c1[2H]. The highest BCUT2D eigenvalue weighted by Crippen LogP contribution is 2.42. The maximum atomic E-state index is 12.6. The molecule has 1 N–H and O–H groups in total. The summed E-state index contributed by atoms with van der Waals surface area (Å²) in [5.74, 6) is -13.8. The zero-order chi connectivity index (χ0) is 70.6. The van der Waals surface area contributed by atoms with Gasteiger partial charge in [-0.25, -0.2) is 0 Å². The van der Waals surface area contributed by atoms with Gasteiger partial charge >= 0.3 is 0 Å². The van der Waals surface area contributed by atoms with E-state index in [9.17, 15) is 9.90 Å². The van der Waals surface area contributed by atoms with Crippen LogP contribution in [0.1, 0.15) is 122 Å². The number of hydrogen-bond donors (Lipinski definition) is 1. The molecule has 2 aromatic carbocycles. The first-order valence-corrected chi connectivity index (χ1v) is 10.3. The maximum Gasteiger partial charge on any atom is 0.137 e. The summed E-state index contributed by atoms with van der Waals surface area (Å²) in [7, 11) is -6.36. The summed E-state index contributed by atoms with van der Waals surface area (Å²) in [5.41, 5.74) is -6.86. The van der Waals surface area contributed by atoms with Crippen LogP contribution in [-0.2, 0) is 10.4 Å². The number of carbonyl (C=O) groups excluding carboxylic acids is 1. The molecule has 7 heteroatoms. The lowest BCUT2D eigenvalue weighted by Crippen LogP contribution is -2.43. The highest BCUT2D eigenvalue weighted by molar-refractivity contribution is 9.10. The standard InChI is InChI=1S/C16H25NO2.C9H17NO.C7H7BrO/c1-17(2)12-14-7-4-5-10-16(14,18)13-8-6-9-15(11-13)19-3;1-10(2)7-8-5-3-4-6-9(8)11;1-9-7-4-2-3-6(8)5-7/h6,8-9,11,14,18H,4-5,7,10,12H2,1-3H3;8H,3-7H2,1-2H3;2-5H,1H3/i1D3,2D3,3D3,4D2,5D2,6D,7D2,8D,9D,10D2,11D,12D2,14D;1D3,2D3,3D2,4D2,5D2,6D2,7D2,8D;1D3,2D,3D,4D,5D. The first-order chi connectivity index (χ1) is 37.4. The monoisotopic (exact) mass is 653 g/mol. The molecule has 0 amide bonds. The Labute approximate surface area is 312 Å². The van der Waals surface area contributed by atoms with Crippen molar-refractivity contribution in [2.75, 3.05) is 55.0 Å². The molecule has 0 heterocycles. The predicted octanol–water partition coefficient (Wildman–Crippen LogP) is 6.40. The van der Waals surface area contributed by atoms with Gasteiger partial charge in [0.25, 0.3) is 0 Å². The van der Waals surface area contributed by atoms with E-state index >= 15 is 0 Å². The van der Waals surface area contributed by atoms with E-state index in [1.807, 2.05) is 0 Å². The molecule has 39 heavy (non-hydrogen) atoms. The third-order valence-electron chi connectivity index (χ3n) is 3.70. The highest BCUT2D eigenvalue weighted by atomic mass is 79.9. The number of benzene rings is 2. The van der Waals surface area contributed by atoms with Crippen LogP contribution in [0.5, 0.6) is 11.5 Å². The summed E-state index contributed by atoms with van der Waals surface area (Å²) < 4.78 is 381. The number of halogens is 1. The van der Waals surface area contributed by atoms with Crippen LogP contribution in [0, 0.1) is 11.8 Å². The van der Waals surface area contributed by atoms with Gasteiger partial charge in [0.05, 0.1) is 38.9 Å². The number of aliphatic hydroxyl groups is 1. The summed E-state index contributed by atoms with van der Waals surface area (Å²) in [5, 5.41) is 12.2. The van der Waals surface area contributed by atoms with Crippen LogP contribution in [0.4, 0.5) is 0 Å². The largest absolute Gasteiger partial charge is 0.497 e. The van der Waals surface area contributed by atoms with Crippen LogP contribution >= 0.6 is 15.9 Å². The lowest BCUT2D eigenvalue weighted by molar-refractivity contribution is -0.125. The van der Waals surface area contributed by atoms with Crippen molar-refractivity contribution in [1.82, 2.24) is 9.80 Å². The number of rotatable bonds is 7. The topological polar surface area (TPSA) is 62.2 Å². The molecule has 2 aliphatic rings. The minimum Gasteiger partial charge on any atom is -0.497 e. The molecule has 0 spiro atoms. The average Bonchev–Trinajstić information content (AvgIpc) is 0.650. The van der Waals surface area contributed by atoms with Gasteiger partial charge in [0.1, 0.15) is 17.3 Å². The molecule has 4 rings (SSSR count). The first kappa shape index (κ1) is 6.51. The Kier molecular flexibility index (Phi) is 2.84. The molecule has 3 atom stereocenters. The molecular weight excluding hydrogens is 556 g/mol. The third-order valence-corrected chi connectivity index (χ3v) is 4.09. The van der Waals surface area contributed by atoms with E-state index in [4.69, 9.17) is 65.8 Å². The van der Waals surface area contributed by atoms with Gasteiger partial charge in [0.15, 0.2) is 0 Å². The van der Waals surface area contributed by atoms with Gasteiger partial charge in [-0.3, -0.25) is 4.79 Å². The fraction of sp³-hybridized carbons (Fsp3) is 0.594. The van der Waals surface area contributed by atoms with Crippen LogP contribution in [-0.4, -0.2) is 75.7 Å². The zero-order valence-electron chi connectivity index (χ0n) is 66.9. The Hall–Kier alpha value is -1.93. The van der Waals surface area contributed by atoms with Crippen molar-refractivity contribution in [3.05, 3.63) is 58.4 Å². The van der Waals surface area contributed by atoms with Crippen molar-refractivity contribution in [3.8, 4) is 11.5 Å². The molecule has 2 aromatic rings. The second-order valence-electron chi connectivity index (χ2n) is 6.24.